The van der Waals surface area contributed by atoms with E-state index >= 15 is 0 Å². The summed E-state index contributed by atoms with van der Waals surface area (Å²) in [5, 5.41) is 10.0. The second-order valence-electron chi connectivity index (χ2n) is 7.79. The Morgan fingerprint density at radius 3 is 2.71 bits per heavy atom. The molecule has 4 rings (SSSR count). The number of thiophene rings is 1. The zero-order valence-corrected chi connectivity index (χ0v) is 19.4. The van der Waals surface area contributed by atoms with Gasteiger partial charge in [-0.2, -0.15) is 5.26 Å². The highest BCUT2D eigenvalue weighted by Crippen LogP contribution is 2.32. The van der Waals surface area contributed by atoms with Crippen LogP contribution in [0.25, 0.3) is 0 Å². The van der Waals surface area contributed by atoms with E-state index in [1.165, 1.54) is 15.8 Å². The molecule has 1 aliphatic rings. The molecular formula is C24H22Cl2FN3S. The fourth-order valence-corrected chi connectivity index (χ4v) is 5.43. The van der Waals surface area contributed by atoms with E-state index in [0.717, 1.165) is 31.7 Å². The van der Waals surface area contributed by atoms with E-state index in [0.29, 0.717) is 27.7 Å². The van der Waals surface area contributed by atoms with Crippen LogP contribution < -0.4 is 4.90 Å². The van der Waals surface area contributed by atoms with Gasteiger partial charge in [-0.15, -0.1) is 11.3 Å². The zero-order valence-electron chi connectivity index (χ0n) is 17.1. The predicted octanol–water partition coefficient (Wildman–Crippen LogP) is 6.66. The summed E-state index contributed by atoms with van der Waals surface area (Å²) in [5.41, 5.74) is 1.76. The molecule has 1 fully saturated rings. The van der Waals surface area contributed by atoms with Crippen molar-refractivity contribution in [3.8, 4) is 6.07 Å². The van der Waals surface area contributed by atoms with Gasteiger partial charge in [-0.1, -0.05) is 29.3 Å². The molecule has 0 bridgehead atoms. The first-order valence-electron chi connectivity index (χ1n) is 10.1. The van der Waals surface area contributed by atoms with Crippen LogP contribution in [-0.4, -0.2) is 24.0 Å². The van der Waals surface area contributed by atoms with Gasteiger partial charge in [0.1, 0.15) is 11.9 Å². The number of benzene rings is 2. The van der Waals surface area contributed by atoms with Crippen molar-refractivity contribution in [1.29, 1.82) is 5.26 Å². The first-order chi connectivity index (χ1) is 14.9. The van der Waals surface area contributed by atoms with Crippen LogP contribution in [0.3, 0.4) is 0 Å². The van der Waals surface area contributed by atoms with Crippen molar-refractivity contribution in [3.05, 3.63) is 85.3 Å². The molecule has 7 heteroatoms. The maximum Gasteiger partial charge on any atom is 0.129 e. The first-order valence-corrected chi connectivity index (χ1v) is 11.7. The van der Waals surface area contributed by atoms with Gasteiger partial charge in [0.15, 0.2) is 0 Å². The Hall–Kier alpha value is -2.10. The Labute approximate surface area is 196 Å². The standard InChI is InChI=1S/C24H22Cl2FN3S/c1-16-5-8-20(31-16)14-29-10-9-19(13-29)30(15-21-22(25)3-2-4-24(21)27)18-7-6-17(12-28)23(26)11-18/h2-8,11,19H,9-10,13-15H2,1H3/t19-/m0/s1. The van der Waals surface area contributed by atoms with E-state index in [9.17, 15) is 9.65 Å². The van der Waals surface area contributed by atoms with Gasteiger partial charge < -0.3 is 4.90 Å². The summed E-state index contributed by atoms with van der Waals surface area (Å²) in [5.74, 6) is -0.318. The van der Waals surface area contributed by atoms with Crippen molar-refractivity contribution < 1.29 is 4.39 Å². The molecule has 3 aromatic rings. The minimum Gasteiger partial charge on any atom is -0.363 e. The summed E-state index contributed by atoms with van der Waals surface area (Å²) in [6.45, 7) is 5.20. The highest BCUT2D eigenvalue weighted by Gasteiger charge is 2.29. The normalized spacial score (nSPS) is 16.4. The van der Waals surface area contributed by atoms with Crippen molar-refractivity contribution in [3.63, 3.8) is 0 Å². The van der Waals surface area contributed by atoms with Gasteiger partial charge in [-0.25, -0.2) is 4.39 Å². The number of nitriles is 1. The van der Waals surface area contributed by atoms with Crippen LogP contribution in [0.2, 0.25) is 10.0 Å². The molecule has 0 N–H and O–H groups in total. The summed E-state index contributed by atoms with van der Waals surface area (Å²) in [6.07, 6.45) is 0.952. The molecule has 0 saturated carbocycles. The number of rotatable bonds is 6. The van der Waals surface area contributed by atoms with E-state index in [-0.39, 0.29) is 11.9 Å². The van der Waals surface area contributed by atoms with E-state index in [1.54, 1.807) is 24.3 Å². The lowest BCUT2D eigenvalue weighted by atomic mass is 10.1. The molecule has 31 heavy (non-hydrogen) atoms. The quantitative estimate of drug-likeness (QED) is 0.401. The molecule has 0 amide bonds. The molecule has 3 nitrogen and oxygen atoms in total. The Balaban J connectivity index is 1.61. The van der Waals surface area contributed by atoms with Gasteiger partial charge in [0, 0.05) is 58.2 Å². The predicted molar refractivity (Wildman–Crippen MR) is 126 cm³/mol. The Bertz CT molecular complexity index is 1100. The molecule has 160 valence electrons. The molecule has 1 aliphatic heterocycles. The van der Waals surface area contributed by atoms with Gasteiger partial charge >= 0.3 is 0 Å². The minimum atomic E-state index is -0.318. The van der Waals surface area contributed by atoms with E-state index < -0.39 is 0 Å². The molecule has 1 atom stereocenters. The maximum atomic E-state index is 14.6. The summed E-state index contributed by atoms with van der Waals surface area (Å²) >= 11 is 14.5. The third-order valence-electron chi connectivity index (χ3n) is 5.66. The van der Waals surface area contributed by atoms with E-state index in [2.05, 4.69) is 34.9 Å². The molecule has 0 aliphatic carbocycles. The fraction of sp³-hybridized carbons (Fsp3) is 0.292. The largest absolute Gasteiger partial charge is 0.363 e. The van der Waals surface area contributed by atoms with Gasteiger partial charge in [0.2, 0.25) is 0 Å². The van der Waals surface area contributed by atoms with Gasteiger partial charge in [-0.05, 0) is 55.8 Å². The molecule has 0 unspecified atom stereocenters. The summed E-state index contributed by atoms with van der Waals surface area (Å²) in [7, 11) is 0. The number of hydrogen-bond donors (Lipinski definition) is 0. The molecular weight excluding hydrogens is 452 g/mol. The molecule has 2 heterocycles. The number of likely N-dealkylation sites (tertiary alicyclic amines) is 1. The summed E-state index contributed by atoms with van der Waals surface area (Å²) in [6, 6.07) is 16.8. The Morgan fingerprint density at radius 2 is 2.03 bits per heavy atom. The van der Waals surface area contributed by atoms with Crippen molar-refractivity contribution >= 4 is 40.2 Å². The number of anilines is 1. The van der Waals surface area contributed by atoms with Crippen LogP contribution in [-0.2, 0) is 13.1 Å². The van der Waals surface area contributed by atoms with Crippen molar-refractivity contribution in [2.45, 2.75) is 32.5 Å². The minimum absolute atomic E-state index is 0.181. The molecule has 2 aromatic carbocycles. The number of nitrogens with zero attached hydrogens (tertiary/aromatic N) is 3. The highest BCUT2D eigenvalue weighted by atomic mass is 35.5. The second-order valence-corrected chi connectivity index (χ2v) is 9.98. The third-order valence-corrected chi connectivity index (χ3v) is 7.31. The summed E-state index contributed by atoms with van der Waals surface area (Å²) in [4.78, 5) is 7.26. The van der Waals surface area contributed by atoms with E-state index in [4.69, 9.17) is 23.2 Å². The van der Waals surface area contributed by atoms with Crippen LogP contribution in [0.15, 0.2) is 48.5 Å². The van der Waals surface area contributed by atoms with Crippen LogP contribution in [0.5, 0.6) is 0 Å². The Morgan fingerprint density at radius 1 is 1.19 bits per heavy atom. The zero-order chi connectivity index (χ0) is 22.0. The highest BCUT2D eigenvalue weighted by molar-refractivity contribution is 7.11. The second kappa shape index (κ2) is 9.58. The molecule has 0 spiro atoms. The molecule has 1 aromatic heterocycles. The number of aryl methyl sites for hydroxylation is 1. The monoisotopic (exact) mass is 473 g/mol. The third kappa shape index (κ3) is 5.05. The van der Waals surface area contributed by atoms with Crippen molar-refractivity contribution in [2.24, 2.45) is 0 Å². The average molecular weight is 474 g/mol. The van der Waals surface area contributed by atoms with Crippen LogP contribution in [0.1, 0.15) is 27.3 Å². The average Bonchev–Trinajstić information content (AvgIpc) is 3.37. The lowest BCUT2D eigenvalue weighted by Crippen LogP contribution is -2.37. The topological polar surface area (TPSA) is 30.3 Å². The number of hydrogen-bond acceptors (Lipinski definition) is 4. The SMILES string of the molecule is Cc1ccc(CN2CC[C@H](N(Cc3c(F)cccc3Cl)c3ccc(C#N)c(Cl)c3)C2)s1. The fourth-order valence-electron chi connectivity index (χ4n) is 4.06. The van der Waals surface area contributed by atoms with Crippen LogP contribution >= 0.6 is 34.5 Å². The molecule has 0 radical (unpaired) electrons. The lowest BCUT2D eigenvalue weighted by Gasteiger charge is -2.32. The smallest absolute Gasteiger partial charge is 0.129 e. The van der Waals surface area contributed by atoms with Crippen LogP contribution in [0.4, 0.5) is 10.1 Å². The number of halogens is 3. The van der Waals surface area contributed by atoms with Gasteiger partial charge in [0.05, 0.1) is 10.6 Å². The van der Waals surface area contributed by atoms with Crippen molar-refractivity contribution in [1.82, 2.24) is 4.90 Å². The van der Waals surface area contributed by atoms with E-state index in [1.807, 2.05) is 17.4 Å². The van der Waals surface area contributed by atoms with Crippen molar-refractivity contribution in [2.75, 3.05) is 18.0 Å². The maximum absolute atomic E-state index is 14.6. The van der Waals surface area contributed by atoms with Crippen LogP contribution in [0, 0.1) is 24.1 Å². The van der Waals surface area contributed by atoms with Gasteiger partial charge in [0.25, 0.3) is 0 Å². The first kappa shape index (κ1) is 22.1. The van der Waals surface area contributed by atoms with Gasteiger partial charge in [-0.3, -0.25) is 4.90 Å². The lowest BCUT2D eigenvalue weighted by molar-refractivity contribution is 0.327. The summed E-state index contributed by atoms with van der Waals surface area (Å²) < 4.78 is 14.6. The Kier molecular flexibility index (Phi) is 6.83. The molecule has 1 saturated heterocycles.